The van der Waals surface area contributed by atoms with E-state index in [1.54, 1.807) is 12.4 Å². The number of rotatable bonds is 6. The number of nitrogens with zero attached hydrogens (tertiary/aromatic N) is 3. The summed E-state index contributed by atoms with van der Waals surface area (Å²) in [6.45, 7) is 6.30. The lowest BCUT2D eigenvalue weighted by Gasteiger charge is -2.08. The summed E-state index contributed by atoms with van der Waals surface area (Å²) in [6, 6.07) is 5.79. The number of anilines is 1. The van der Waals surface area contributed by atoms with Gasteiger partial charge >= 0.3 is 0 Å². The van der Waals surface area contributed by atoms with Crippen LogP contribution in [0.15, 0.2) is 46.8 Å². The monoisotopic (exact) mass is 366 g/mol. The summed E-state index contributed by atoms with van der Waals surface area (Å²) >= 11 is 4.78. The zero-order valence-electron chi connectivity index (χ0n) is 11.5. The summed E-state index contributed by atoms with van der Waals surface area (Å²) in [5.74, 6) is 0.189. The van der Waals surface area contributed by atoms with Gasteiger partial charge in [0.25, 0.3) is 0 Å². The first-order valence-electron chi connectivity index (χ1n) is 6.27. The molecule has 110 valence electrons. The largest absolute Gasteiger partial charge is 0.324 e. The predicted molar refractivity (Wildman–Crippen MR) is 88.5 cm³/mol. The van der Waals surface area contributed by atoms with Crippen LogP contribution in [0, 0.1) is 6.92 Å². The lowest BCUT2D eigenvalue weighted by molar-refractivity contribution is -0.113. The Bertz CT molecular complexity index is 656. The van der Waals surface area contributed by atoms with E-state index < -0.39 is 0 Å². The van der Waals surface area contributed by atoms with E-state index in [4.69, 9.17) is 0 Å². The molecule has 7 heteroatoms. The fourth-order valence-corrected chi connectivity index (χ4v) is 2.98. The summed E-state index contributed by atoms with van der Waals surface area (Å²) in [4.78, 5) is 12.0. The molecular weight excluding hydrogens is 352 g/mol. The molecule has 1 N–H and O–H groups in total. The summed E-state index contributed by atoms with van der Waals surface area (Å²) < 4.78 is 2.71. The van der Waals surface area contributed by atoms with Gasteiger partial charge in [-0.2, -0.15) is 0 Å². The van der Waals surface area contributed by atoms with E-state index in [0.29, 0.717) is 11.7 Å². The molecule has 0 saturated carbocycles. The Balaban J connectivity index is 1.92. The lowest BCUT2D eigenvalue weighted by Crippen LogP contribution is -2.15. The second-order valence-electron chi connectivity index (χ2n) is 4.37. The van der Waals surface area contributed by atoms with Crippen molar-refractivity contribution in [3.05, 3.63) is 47.2 Å². The van der Waals surface area contributed by atoms with Crippen LogP contribution < -0.4 is 5.32 Å². The SMILES string of the molecule is C=CCn1cnnc1SCC(=O)Nc1ccc(C)cc1Br. The van der Waals surface area contributed by atoms with Gasteiger partial charge < -0.3 is 9.88 Å². The minimum absolute atomic E-state index is 0.0855. The van der Waals surface area contributed by atoms with Crippen LogP contribution in [0.4, 0.5) is 5.69 Å². The normalized spacial score (nSPS) is 10.4. The molecule has 0 radical (unpaired) electrons. The third-order valence-electron chi connectivity index (χ3n) is 2.64. The van der Waals surface area contributed by atoms with Gasteiger partial charge in [-0.3, -0.25) is 4.79 Å². The van der Waals surface area contributed by atoms with E-state index >= 15 is 0 Å². The van der Waals surface area contributed by atoms with Crippen molar-refractivity contribution in [1.82, 2.24) is 14.8 Å². The van der Waals surface area contributed by atoms with Crippen molar-refractivity contribution in [2.75, 3.05) is 11.1 Å². The molecule has 1 heterocycles. The van der Waals surface area contributed by atoms with Crippen LogP contribution in [0.3, 0.4) is 0 Å². The Morgan fingerprint density at radius 2 is 2.38 bits per heavy atom. The molecule has 2 aromatic rings. The van der Waals surface area contributed by atoms with Crippen molar-refractivity contribution < 1.29 is 4.79 Å². The minimum atomic E-state index is -0.0855. The number of nitrogens with one attached hydrogen (secondary N) is 1. The highest BCUT2D eigenvalue weighted by Crippen LogP contribution is 2.24. The van der Waals surface area contributed by atoms with Crippen LogP contribution in [0.2, 0.25) is 0 Å². The average molecular weight is 367 g/mol. The number of aromatic nitrogens is 3. The van der Waals surface area contributed by atoms with Crippen LogP contribution in [0.25, 0.3) is 0 Å². The number of hydrogen-bond acceptors (Lipinski definition) is 4. The highest BCUT2D eigenvalue weighted by atomic mass is 79.9. The molecule has 1 aromatic heterocycles. The van der Waals surface area contributed by atoms with Gasteiger partial charge in [0, 0.05) is 11.0 Å². The van der Waals surface area contributed by atoms with E-state index in [1.807, 2.05) is 29.7 Å². The summed E-state index contributed by atoms with van der Waals surface area (Å²) in [5, 5.41) is 11.4. The molecular formula is C14H15BrN4OS. The van der Waals surface area contributed by atoms with E-state index in [1.165, 1.54) is 11.8 Å². The number of allylic oxidation sites excluding steroid dienone is 1. The molecule has 2 rings (SSSR count). The zero-order chi connectivity index (χ0) is 15.2. The van der Waals surface area contributed by atoms with Crippen molar-refractivity contribution in [2.24, 2.45) is 0 Å². The molecule has 21 heavy (non-hydrogen) atoms. The third-order valence-corrected chi connectivity index (χ3v) is 4.27. The van der Waals surface area contributed by atoms with Crippen molar-refractivity contribution in [3.8, 4) is 0 Å². The first-order chi connectivity index (χ1) is 10.1. The molecule has 0 saturated heterocycles. The van der Waals surface area contributed by atoms with Crippen LogP contribution in [0.5, 0.6) is 0 Å². The number of halogens is 1. The van der Waals surface area contributed by atoms with Crippen LogP contribution in [-0.4, -0.2) is 26.4 Å². The van der Waals surface area contributed by atoms with Crippen LogP contribution in [-0.2, 0) is 11.3 Å². The standard InChI is InChI=1S/C14H15BrN4OS/c1-3-6-19-9-16-18-14(19)21-8-13(20)17-12-5-4-10(2)7-11(12)15/h3-5,7,9H,1,6,8H2,2H3,(H,17,20). The molecule has 1 amide bonds. The van der Waals surface area contributed by atoms with Gasteiger partial charge in [-0.1, -0.05) is 23.9 Å². The number of carbonyl (C=O) groups is 1. The van der Waals surface area contributed by atoms with Gasteiger partial charge in [-0.15, -0.1) is 16.8 Å². The molecule has 0 aliphatic heterocycles. The number of hydrogen-bond donors (Lipinski definition) is 1. The summed E-state index contributed by atoms with van der Waals surface area (Å²) in [5.41, 5.74) is 1.89. The van der Waals surface area contributed by atoms with Gasteiger partial charge in [0.2, 0.25) is 5.91 Å². The number of amides is 1. The summed E-state index contributed by atoms with van der Waals surface area (Å²) in [6.07, 6.45) is 3.38. The van der Waals surface area contributed by atoms with E-state index in [-0.39, 0.29) is 11.7 Å². The minimum Gasteiger partial charge on any atom is -0.324 e. The lowest BCUT2D eigenvalue weighted by atomic mass is 10.2. The predicted octanol–water partition coefficient (Wildman–Crippen LogP) is 3.27. The number of thioether (sulfide) groups is 1. The van der Waals surface area contributed by atoms with Gasteiger partial charge in [0.05, 0.1) is 11.4 Å². The smallest absolute Gasteiger partial charge is 0.234 e. The van der Waals surface area contributed by atoms with Crippen molar-refractivity contribution in [3.63, 3.8) is 0 Å². The topological polar surface area (TPSA) is 59.8 Å². The van der Waals surface area contributed by atoms with E-state index in [0.717, 1.165) is 15.7 Å². The Labute approximate surface area is 136 Å². The first kappa shape index (κ1) is 15.8. The quantitative estimate of drug-likeness (QED) is 0.629. The maximum atomic E-state index is 12.0. The second-order valence-corrected chi connectivity index (χ2v) is 6.17. The van der Waals surface area contributed by atoms with E-state index in [9.17, 15) is 4.79 Å². The zero-order valence-corrected chi connectivity index (χ0v) is 13.9. The molecule has 0 bridgehead atoms. The van der Waals surface area contributed by atoms with Gasteiger partial charge in [-0.05, 0) is 40.5 Å². The Morgan fingerprint density at radius 3 is 3.10 bits per heavy atom. The maximum Gasteiger partial charge on any atom is 0.234 e. The van der Waals surface area contributed by atoms with Crippen molar-refractivity contribution >= 4 is 39.3 Å². The number of aryl methyl sites for hydroxylation is 1. The molecule has 0 spiro atoms. The molecule has 5 nitrogen and oxygen atoms in total. The number of benzene rings is 1. The Hall–Kier alpha value is -1.60. The second kappa shape index (κ2) is 7.42. The highest BCUT2D eigenvalue weighted by molar-refractivity contribution is 9.10. The van der Waals surface area contributed by atoms with Gasteiger partial charge in [-0.25, -0.2) is 0 Å². The molecule has 1 aromatic carbocycles. The average Bonchev–Trinajstić information content (AvgIpc) is 2.88. The van der Waals surface area contributed by atoms with Crippen LogP contribution in [0.1, 0.15) is 5.56 Å². The Morgan fingerprint density at radius 1 is 1.57 bits per heavy atom. The Kier molecular flexibility index (Phi) is 5.58. The van der Waals surface area contributed by atoms with Crippen molar-refractivity contribution in [2.45, 2.75) is 18.6 Å². The molecule has 0 aliphatic rings. The van der Waals surface area contributed by atoms with E-state index in [2.05, 4.69) is 38.0 Å². The summed E-state index contributed by atoms with van der Waals surface area (Å²) in [7, 11) is 0. The van der Waals surface area contributed by atoms with Crippen molar-refractivity contribution in [1.29, 1.82) is 0 Å². The third kappa shape index (κ3) is 4.44. The fraction of sp³-hybridized carbons (Fsp3) is 0.214. The van der Waals surface area contributed by atoms with Crippen LogP contribution >= 0.6 is 27.7 Å². The molecule has 0 unspecified atom stereocenters. The first-order valence-corrected chi connectivity index (χ1v) is 8.05. The number of carbonyl (C=O) groups excluding carboxylic acids is 1. The maximum absolute atomic E-state index is 12.0. The van der Waals surface area contributed by atoms with Gasteiger partial charge in [0.15, 0.2) is 5.16 Å². The fourth-order valence-electron chi connectivity index (χ4n) is 1.66. The van der Waals surface area contributed by atoms with Gasteiger partial charge in [0.1, 0.15) is 6.33 Å². The highest BCUT2D eigenvalue weighted by Gasteiger charge is 2.09. The molecule has 0 atom stereocenters. The molecule has 0 fully saturated rings. The molecule has 0 aliphatic carbocycles.